The van der Waals surface area contributed by atoms with Crippen molar-refractivity contribution in [3.63, 3.8) is 0 Å². The number of hydrogen-bond acceptors (Lipinski definition) is 4. The van der Waals surface area contributed by atoms with Crippen molar-refractivity contribution in [2.24, 2.45) is 5.92 Å². The molecule has 3 aromatic rings. The van der Waals surface area contributed by atoms with Crippen molar-refractivity contribution >= 4 is 26.7 Å². The Hall–Kier alpha value is -1.95. The van der Waals surface area contributed by atoms with E-state index in [-0.39, 0.29) is 5.82 Å². The fraction of sp³-hybridized carbons (Fsp3) is 0.286. The van der Waals surface area contributed by atoms with Crippen LogP contribution >= 0.6 is 11.3 Å². The summed E-state index contributed by atoms with van der Waals surface area (Å²) >= 11 is 1.56. The van der Waals surface area contributed by atoms with Gasteiger partial charge in [-0.1, -0.05) is 11.3 Å². The third kappa shape index (κ3) is 2.06. The quantitative estimate of drug-likeness (QED) is 0.743. The summed E-state index contributed by atoms with van der Waals surface area (Å²) in [6, 6.07) is 4.76. The number of rotatable bonds is 3. The number of benzene rings is 1. The van der Waals surface area contributed by atoms with Crippen LogP contribution in [0.15, 0.2) is 36.9 Å². The summed E-state index contributed by atoms with van der Waals surface area (Å²) < 4.78 is 16.2. The number of anilines is 1. The minimum absolute atomic E-state index is 0.200. The van der Waals surface area contributed by atoms with Crippen molar-refractivity contribution in [1.29, 1.82) is 0 Å². The third-order valence-electron chi connectivity index (χ3n) is 3.60. The first-order valence-corrected chi connectivity index (χ1v) is 7.36. The van der Waals surface area contributed by atoms with Gasteiger partial charge >= 0.3 is 0 Å². The van der Waals surface area contributed by atoms with Crippen LogP contribution in [-0.4, -0.2) is 27.6 Å². The van der Waals surface area contributed by atoms with Crippen LogP contribution in [0.3, 0.4) is 0 Å². The first kappa shape index (κ1) is 11.8. The molecule has 1 aromatic carbocycles. The van der Waals surface area contributed by atoms with Gasteiger partial charge in [0.15, 0.2) is 5.13 Å². The van der Waals surface area contributed by atoms with Crippen LogP contribution < -0.4 is 4.90 Å². The lowest BCUT2D eigenvalue weighted by molar-refractivity contribution is 0.357. The van der Waals surface area contributed by atoms with Gasteiger partial charge in [0.05, 0.1) is 16.5 Å². The van der Waals surface area contributed by atoms with Crippen molar-refractivity contribution in [2.45, 2.75) is 6.54 Å². The molecule has 0 spiro atoms. The van der Waals surface area contributed by atoms with Crippen LogP contribution in [0.1, 0.15) is 0 Å². The normalized spacial score (nSPS) is 15.8. The van der Waals surface area contributed by atoms with E-state index in [4.69, 9.17) is 0 Å². The lowest BCUT2D eigenvalue weighted by Gasteiger charge is -2.39. The molecule has 0 amide bonds. The standard InChI is InChI=1S/C14H13FN4S/c15-11-1-2-12-13(5-11)20-14(17-12)19-7-10(8-19)6-18-4-3-16-9-18/h1-5,9-10H,6-8H2. The van der Waals surface area contributed by atoms with E-state index < -0.39 is 0 Å². The van der Waals surface area contributed by atoms with Crippen LogP contribution in [0.5, 0.6) is 0 Å². The molecule has 1 aliphatic heterocycles. The average Bonchev–Trinajstić information content (AvgIpc) is 3.01. The number of hydrogen-bond donors (Lipinski definition) is 0. The monoisotopic (exact) mass is 288 g/mol. The van der Waals surface area contributed by atoms with E-state index in [0.717, 1.165) is 35.0 Å². The Morgan fingerprint density at radius 3 is 3.05 bits per heavy atom. The van der Waals surface area contributed by atoms with Gasteiger partial charge in [-0.2, -0.15) is 0 Å². The maximum absolute atomic E-state index is 13.2. The minimum Gasteiger partial charge on any atom is -0.347 e. The Kier molecular flexibility index (Phi) is 2.70. The molecular weight excluding hydrogens is 275 g/mol. The molecular formula is C14H13FN4S. The second-order valence-corrected chi connectivity index (χ2v) is 6.15. The zero-order valence-electron chi connectivity index (χ0n) is 10.7. The van der Waals surface area contributed by atoms with E-state index in [1.165, 1.54) is 6.07 Å². The fourth-order valence-electron chi connectivity index (χ4n) is 2.56. The average molecular weight is 288 g/mol. The SMILES string of the molecule is Fc1ccc2nc(N3CC(Cn4ccnc4)C3)sc2c1. The topological polar surface area (TPSA) is 34.0 Å². The molecule has 3 heterocycles. The predicted octanol–water partition coefficient (Wildman–Crippen LogP) is 2.77. The smallest absolute Gasteiger partial charge is 0.186 e. The van der Waals surface area contributed by atoms with Crippen molar-refractivity contribution in [2.75, 3.05) is 18.0 Å². The summed E-state index contributed by atoms with van der Waals surface area (Å²) in [5.74, 6) is 0.433. The summed E-state index contributed by atoms with van der Waals surface area (Å²) in [5, 5.41) is 0.993. The van der Waals surface area contributed by atoms with Crippen LogP contribution in [-0.2, 0) is 6.54 Å². The molecule has 6 heteroatoms. The highest BCUT2D eigenvalue weighted by Crippen LogP contribution is 2.33. The van der Waals surface area contributed by atoms with E-state index >= 15 is 0 Å². The molecule has 4 rings (SSSR count). The fourth-order valence-corrected chi connectivity index (χ4v) is 3.56. The van der Waals surface area contributed by atoms with Crippen molar-refractivity contribution < 1.29 is 4.39 Å². The van der Waals surface area contributed by atoms with Crippen LogP contribution in [0.2, 0.25) is 0 Å². The van der Waals surface area contributed by atoms with E-state index in [1.54, 1.807) is 29.7 Å². The van der Waals surface area contributed by atoms with Gasteiger partial charge in [-0.15, -0.1) is 0 Å². The maximum Gasteiger partial charge on any atom is 0.186 e. The zero-order chi connectivity index (χ0) is 13.5. The number of thiazole rings is 1. The highest BCUT2D eigenvalue weighted by molar-refractivity contribution is 7.22. The summed E-state index contributed by atoms with van der Waals surface area (Å²) in [6.07, 6.45) is 5.64. The van der Waals surface area contributed by atoms with Crippen molar-refractivity contribution in [1.82, 2.24) is 14.5 Å². The molecule has 102 valence electrons. The van der Waals surface area contributed by atoms with Gasteiger partial charge in [0.2, 0.25) is 0 Å². The van der Waals surface area contributed by atoms with E-state index in [1.807, 2.05) is 12.5 Å². The van der Waals surface area contributed by atoms with Gasteiger partial charge in [0.25, 0.3) is 0 Å². The lowest BCUT2D eigenvalue weighted by Crippen LogP contribution is -2.48. The number of aromatic nitrogens is 3. The number of imidazole rings is 1. The molecule has 0 saturated carbocycles. The van der Waals surface area contributed by atoms with Crippen LogP contribution in [0, 0.1) is 11.7 Å². The number of nitrogens with zero attached hydrogens (tertiary/aromatic N) is 4. The molecule has 0 N–H and O–H groups in total. The van der Waals surface area contributed by atoms with E-state index in [0.29, 0.717) is 5.92 Å². The van der Waals surface area contributed by atoms with Gasteiger partial charge in [0.1, 0.15) is 5.82 Å². The number of halogens is 1. The van der Waals surface area contributed by atoms with E-state index in [2.05, 4.69) is 19.4 Å². The molecule has 20 heavy (non-hydrogen) atoms. The Balaban J connectivity index is 1.46. The van der Waals surface area contributed by atoms with Gasteiger partial charge in [-0.05, 0) is 18.2 Å². The van der Waals surface area contributed by atoms with Crippen LogP contribution in [0.25, 0.3) is 10.2 Å². The molecule has 2 aromatic heterocycles. The zero-order valence-corrected chi connectivity index (χ0v) is 11.6. The molecule has 0 unspecified atom stereocenters. The van der Waals surface area contributed by atoms with Gasteiger partial charge < -0.3 is 9.47 Å². The molecule has 1 fully saturated rings. The Morgan fingerprint density at radius 1 is 1.35 bits per heavy atom. The largest absolute Gasteiger partial charge is 0.347 e. The van der Waals surface area contributed by atoms with Gasteiger partial charge in [-0.25, -0.2) is 14.4 Å². The first-order chi connectivity index (χ1) is 9.78. The third-order valence-corrected chi connectivity index (χ3v) is 4.67. The summed E-state index contributed by atoms with van der Waals surface area (Å²) in [4.78, 5) is 10.9. The molecule has 0 bridgehead atoms. The van der Waals surface area contributed by atoms with Crippen molar-refractivity contribution in [3.05, 3.63) is 42.7 Å². The van der Waals surface area contributed by atoms with Gasteiger partial charge in [-0.3, -0.25) is 0 Å². The summed E-state index contributed by atoms with van der Waals surface area (Å²) in [5.41, 5.74) is 0.879. The number of fused-ring (bicyclic) bond motifs is 1. The molecule has 4 nitrogen and oxygen atoms in total. The highest BCUT2D eigenvalue weighted by atomic mass is 32.1. The Labute approximate surface area is 119 Å². The second-order valence-electron chi connectivity index (χ2n) is 5.14. The summed E-state index contributed by atoms with van der Waals surface area (Å²) in [7, 11) is 0. The maximum atomic E-state index is 13.2. The van der Waals surface area contributed by atoms with Gasteiger partial charge in [0, 0.05) is 37.9 Å². The molecule has 0 aliphatic carbocycles. The molecule has 0 radical (unpaired) electrons. The van der Waals surface area contributed by atoms with Crippen molar-refractivity contribution in [3.8, 4) is 0 Å². The van der Waals surface area contributed by atoms with E-state index in [9.17, 15) is 4.39 Å². The second kappa shape index (κ2) is 4.56. The van der Waals surface area contributed by atoms with Crippen LogP contribution in [0.4, 0.5) is 9.52 Å². The predicted molar refractivity (Wildman–Crippen MR) is 77.5 cm³/mol. The molecule has 1 saturated heterocycles. The minimum atomic E-state index is -0.200. The highest BCUT2D eigenvalue weighted by Gasteiger charge is 2.29. The lowest BCUT2D eigenvalue weighted by atomic mass is 10.0. The molecule has 1 aliphatic rings. The first-order valence-electron chi connectivity index (χ1n) is 6.55. The Bertz CT molecular complexity index is 731. The molecule has 0 atom stereocenters. The Morgan fingerprint density at radius 2 is 2.25 bits per heavy atom. The summed E-state index contributed by atoms with van der Waals surface area (Å²) in [6.45, 7) is 3.00.